The SMILES string of the molecule is C.CC(C)C#CCCOC1CCN(CC(C)C)CC1. The van der Waals surface area contributed by atoms with Gasteiger partial charge in [-0.1, -0.05) is 35.1 Å². The Labute approximate surface area is 120 Å². The fourth-order valence-corrected chi connectivity index (χ4v) is 2.33. The van der Waals surface area contributed by atoms with Gasteiger partial charge in [-0.25, -0.2) is 0 Å². The van der Waals surface area contributed by atoms with Crippen LogP contribution in [-0.4, -0.2) is 37.2 Å². The van der Waals surface area contributed by atoms with Gasteiger partial charge in [0.15, 0.2) is 0 Å². The van der Waals surface area contributed by atoms with Crippen molar-refractivity contribution < 1.29 is 4.74 Å². The smallest absolute Gasteiger partial charge is 0.0600 e. The molecule has 1 fully saturated rings. The number of likely N-dealkylation sites (tertiary alicyclic amines) is 1. The molecule has 1 aliphatic rings. The van der Waals surface area contributed by atoms with E-state index < -0.39 is 0 Å². The van der Waals surface area contributed by atoms with E-state index in [4.69, 9.17) is 4.74 Å². The molecule has 19 heavy (non-hydrogen) atoms. The largest absolute Gasteiger partial charge is 0.377 e. The highest BCUT2D eigenvalue weighted by molar-refractivity contribution is 5.01. The van der Waals surface area contributed by atoms with Crippen LogP contribution in [0.4, 0.5) is 0 Å². The second-order valence-electron chi connectivity index (χ2n) is 5.99. The summed E-state index contributed by atoms with van der Waals surface area (Å²) < 4.78 is 5.89. The minimum atomic E-state index is 0. The summed E-state index contributed by atoms with van der Waals surface area (Å²) in [4.78, 5) is 2.56. The van der Waals surface area contributed by atoms with Crippen molar-refractivity contribution in [2.24, 2.45) is 11.8 Å². The van der Waals surface area contributed by atoms with Crippen LogP contribution >= 0.6 is 0 Å². The predicted octanol–water partition coefficient (Wildman–Crippen LogP) is 3.81. The Morgan fingerprint density at radius 3 is 2.32 bits per heavy atom. The first-order valence-electron chi connectivity index (χ1n) is 7.40. The molecule has 1 rings (SSSR count). The summed E-state index contributed by atoms with van der Waals surface area (Å²) in [6.07, 6.45) is 3.72. The van der Waals surface area contributed by atoms with Crippen LogP contribution in [0.5, 0.6) is 0 Å². The van der Waals surface area contributed by atoms with Gasteiger partial charge in [0.2, 0.25) is 0 Å². The van der Waals surface area contributed by atoms with Gasteiger partial charge < -0.3 is 9.64 Å². The van der Waals surface area contributed by atoms with Crippen molar-refractivity contribution in [1.82, 2.24) is 4.90 Å². The van der Waals surface area contributed by atoms with Crippen molar-refractivity contribution in [1.29, 1.82) is 0 Å². The number of nitrogens with zero attached hydrogens (tertiary/aromatic N) is 1. The molecule has 0 aromatic heterocycles. The van der Waals surface area contributed by atoms with Gasteiger partial charge in [-0.3, -0.25) is 0 Å². The van der Waals surface area contributed by atoms with Gasteiger partial charge in [-0.05, 0) is 18.8 Å². The maximum absolute atomic E-state index is 5.89. The molecule has 2 nitrogen and oxygen atoms in total. The monoisotopic (exact) mass is 267 g/mol. The van der Waals surface area contributed by atoms with E-state index in [1.807, 2.05) is 0 Å². The predicted molar refractivity (Wildman–Crippen MR) is 84.2 cm³/mol. The van der Waals surface area contributed by atoms with Crippen LogP contribution in [0.3, 0.4) is 0 Å². The van der Waals surface area contributed by atoms with Crippen LogP contribution < -0.4 is 0 Å². The fraction of sp³-hybridized carbons (Fsp3) is 0.882. The molecule has 0 aromatic rings. The normalized spacial score (nSPS) is 17.2. The zero-order chi connectivity index (χ0) is 13.4. The highest BCUT2D eigenvalue weighted by Gasteiger charge is 2.19. The third-order valence-corrected chi connectivity index (χ3v) is 3.13. The standard InChI is InChI=1S/C16H29NO.CH4/c1-14(2)7-5-6-12-18-16-8-10-17(11-9-16)13-15(3)4;/h14-16H,6,8-13H2,1-4H3;1H4. The Balaban J connectivity index is 0.00000324. The first-order valence-corrected chi connectivity index (χ1v) is 7.40. The fourth-order valence-electron chi connectivity index (χ4n) is 2.33. The summed E-state index contributed by atoms with van der Waals surface area (Å²) in [6.45, 7) is 13.2. The van der Waals surface area contributed by atoms with E-state index in [-0.39, 0.29) is 7.43 Å². The van der Waals surface area contributed by atoms with Crippen molar-refractivity contribution in [3.05, 3.63) is 0 Å². The van der Waals surface area contributed by atoms with Crippen molar-refractivity contribution in [2.45, 2.75) is 60.5 Å². The molecule has 1 aliphatic heterocycles. The number of hydrogen-bond donors (Lipinski definition) is 0. The van der Waals surface area contributed by atoms with Crippen LogP contribution in [-0.2, 0) is 4.74 Å². The summed E-state index contributed by atoms with van der Waals surface area (Å²) in [5, 5.41) is 0. The lowest BCUT2D eigenvalue weighted by atomic mass is 10.1. The number of hydrogen-bond acceptors (Lipinski definition) is 2. The van der Waals surface area contributed by atoms with E-state index in [0.29, 0.717) is 12.0 Å². The Kier molecular flexibility index (Phi) is 10.0. The zero-order valence-corrected chi connectivity index (χ0v) is 12.5. The van der Waals surface area contributed by atoms with Gasteiger partial charge >= 0.3 is 0 Å². The average Bonchev–Trinajstić information content (AvgIpc) is 2.30. The molecular formula is C17H33NO. The Morgan fingerprint density at radius 2 is 1.79 bits per heavy atom. The Hall–Kier alpha value is -0.520. The molecule has 0 spiro atoms. The summed E-state index contributed by atoms with van der Waals surface area (Å²) >= 11 is 0. The Morgan fingerprint density at radius 1 is 1.16 bits per heavy atom. The second kappa shape index (κ2) is 10.3. The highest BCUT2D eigenvalue weighted by Crippen LogP contribution is 2.15. The first kappa shape index (κ1) is 18.5. The molecule has 0 radical (unpaired) electrons. The highest BCUT2D eigenvalue weighted by atomic mass is 16.5. The molecule has 2 heteroatoms. The van der Waals surface area contributed by atoms with Crippen molar-refractivity contribution >= 4 is 0 Å². The third-order valence-electron chi connectivity index (χ3n) is 3.13. The van der Waals surface area contributed by atoms with Crippen LogP contribution in [0, 0.1) is 23.7 Å². The van der Waals surface area contributed by atoms with Crippen molar-refractivity contribution in [3.8, 4) is 11.8 Å². The minimum absolute atomic E-state index is 0. The van der Waals surface area contributed by atoms with Gasteiger partial charge in [-0.15, -0.1) is 11.8 Å². The van der Waals surface area contributed by atoms with Crippen LogP contribution in [0.25, 0.3) is 0 Å². The molecule has 0 amide bonds. The van der Waals surface area contributed by atoms with Gasteiger partial charge in [0.1, 0.15) is 0 Å². The lowest BCUT2D eigenvalue weighted by molar-refractivity contribution is 0.00824. The van der Waals surface area contributed by atoms with Gasteiger partial charge in [-0.2, -0.15) is 0 Å². The first-order chi connectivity index (χ1) is 8.58. The lowest BCUT2D eigenvalue weighted by Gasteiger charge is -2.32. The van der Waals surface area contributed by atoms with Crippen molar-refractivity contribution in [3.63, 3.8) is 0 Å². The van der Waals surface area contributed by atoms with E-state index in [9.17, 15) is 0 Å². The molecule has 0 aromatic carbocycles. The number of rotatable bonds is 5. The van der Waals surface area contributed by atoms with Gasteiger partial charge in [0.05, 0.1) is 12.7 Å². The molecule has 0 N–H and O–H groups in total. The third kappa shape index (κ3) is 9.08. The van der Waals surface area contributed by atoms with Gasteiger partial charge in [0, 0.05) is 32.0 Å². The van der Waals surface area contributed by atoms with E-state index in [1.165, 1.54) is 32.5 Å². The molecule has 0 atom stereocenters. The maximum atomic E-state index is 5.89. The molecule has 0 aliphatic carbocycles. The molecular weight excluding hydrogens is 234 g/mol. The Bertz CT molecular complexity index is 267. The molecule has 112 valence electrons. The summed E-state index contributed by atoms with van der Waals surface area (Å²) in [5.74, 6) is 7.60. The zero-order valence-electron chi connectivity index (χ0n) is 12.5. The second-order valence-corrected chi connectivity index (χ2v) is 5.99. The molecule has 1 saturated heterocycles. The van der Waals surface area contributed by atoms with E-state index >= 15 is 0 Å². The van der Waals surface area contributed by atoms with Crippen LogP contribution in [0.15, 0.2) is 0 Å². The molecule has 0 unspecified atom stereocenters. The summed E-state index contributed by atoms with van der Waals surface area (Å²) in [7, 11) is 0. The number of piperidine rings is 1. The van der Waals surface area contributed by atoms with Crippen LogP contribution in [0.1, 0.15) is 54.4 Å². The summed E-state index contributed by atoms with van der Waals surface area (Å²) in [5.41, 5.74) is 0. The lowest BCUT2D eigenvalue weighted by Crippen LogP contribution is -2.39. The average molecular weight is 267 g/mol. The maximum Gasteiger partial charge on any atom is 0.0600 e. The minimum Gasteiger partial charge on any atom is -0.377 e. The quantitative estimate of drug-likeness (QED) is 0.555. The van der Waals surface area contributed by atoms with E-state index in [0.717, 1.165) is 18.9 Å². The van der Waals surface area contributed by atoms with Crippen LogP contribution in [0.2, 0.25) is 0 Å². The summed E-state index contributed by atoms with van der Waals surface area (Å²) in [6, 6.07) is 0. The van der Waals surface area contributed by atoms with Gasteiger partial charge in [0.25, 0.3) is 0 Å². The van der Waals surface area contributed by atoms with E-state index in [2.05, 4.69) is 44.4 Å². The molecule has 0 bridgehead atoms. The van der Waals surface area contributed by atoms with E-state index in [1.54, 1.807) is 0 Å². The topological polar surface area (TPSA) is 12.5 Å². The number of ether oxygens (including phenoxy) is 1. The molecule has 1 heterocycles. The van der Waals surface area contributed by atoms with Crippen molar-refractivity contribution in [2.75, 3.05) is 26.2 Å². The molecule has 0 saturated carbocycles.